The van der Waals surface area contributed by atoms with Gasteiger partial charge in [-0.05, 0) is 38.0 Å². The second kappa shape index (κ2) is 13.6. The Morgan fingerprint density at radius 1 is 1.15 bits per heavy atom. The number of aliphatic imine (C=N–C) groups is 1. The molecule has 1 aliphatic heterocycles. The standard InChI is InChI=1S/C20H37N7O6/c1-11(2)9-13(19(32)33)25-16(29)14(10-28)26-17(30)15-6-4-8-27(15)18(31)12(21)5-3-7-24-20(22)23/h11-15,28H,3-10,21H2,1-2H3,(H,25,29)(H,26,30)(H,32,33)(H4,22,23,24). The molecule has 10 N–H and O–H groups in total. The minimum Gasteiger partial charge on any atom is -0.480 e. The number of nitrogens with two attached hydrogens (primary N) is 3. The van der Waals surface area contributed by atoms with Crippen LogP contribution in [-0.4, -0.2) is 88.6 Å². The molecule has 1 saturated heterocycles. The van der Waals surface area contributed by atoms with Gasteiger partial charge in [-0.3, -0.25) is 19.4 Å². The molecule has 0 aromatic rings. The number of nitrogens with one attached hydrogen (secondary N) is 2. The van der Waals surface area contributed by atoms with Crippen molar-refractivity contribution in [1.82, 2.24) is 15.5 Å². The summed E-state index contributed by atoms with van der Waals surface area (Å²) in [5.74, 6) is -3.07. The van der Waals surface area contributed by atoms with Gasteiger partial charge < -0.3 is 42.9 Å². The van der Waals surface area contributed by atoms with Crippen molar-refractivity contribution in [1.29, 1.82) is 0 Å². The molecule has 0 aromatic heterocycles. The number of aliphatic hydroxyl groups is 1. The highest BCUT2D eigenvalue weighted by atomic mass is 16.4. The molecule has 33 heavy (non-hydrogen) atoms. The minimum atomic E-state index is -1.35. The molecule has 0 radical (unpaired) electrons. The summed E-state index contributed by atoms with van der Waals surface area (Å²) in [5.41, 5.74) is 16.5. The summed E-state index contributed by atoms with van der Waals surface area (Å²) in [6.45, 7) is 3.56. The van der Waals surface area contributed by atoms with Crippen molar-refractivity contribution in [2.75, 3.05) is 19.7 Å². The van der Waals surface area contributed by atoms with Gasteiger partial charge in [0.1, 0.15) is 18.1 Å². The van der Waals surface area contributed by atoms with Gasteiger partial charge in [-0.1, -0.05) is 13.8 Å². The molecule has 3 amide bonds. The van der Waals surface area contributed by atoms with Crippen molar-refractivity contribution < 1.29 is 29.4 Å². The average molecular weight is 472 g/mol. The third-order valence-corrected chi connectivity index (χ3v) is 5.26. The Morgan fingerprint density at radius 3 is 2.36 bits per heavy atom. The van der Waals surface area contributed by atoms with E-state index in [0.29, 0.717) is 38.8 Å². The van der Waals surface area contributed by atoms with Crippen LogP contribution >= 0.6 is 0 Å². The van der Waals surface area contributed by atoms with Gasteiger partial charge >= 0.3 is 5.97 Å². The fourth-order valence-corrected chi connectivity index (χ4v) is 3.59. The van der Waals surface area contributed by atoms with Crippen LogP contribution in [0.5, 0.6) is 0 Å². The summed E-state index contributed by atoms with van der Waals surface area (Å²) in [6, 6.07) is -4.17. The third kappa shape index (κ3) is 9.22. The normalized spacial score (nSPS) is 18.3. The number of carbonyl (C=O) groups is 4. The van der Waals surface area contributed by atoms with Crippen LogP contribution in [0, 0.1) is 5.92 Å². The fourth-order valence-electron chi connectivity index (χ4n) is 3.59. The first-order chi connectivity index (χ1) is 15.5. The van der Waals surface area contributed by atoms with Crippen LogP contribution in [0.25, 0.3) is 0 Å². The number of amides is 3. The van der Waals surface area contributed by atoms with E-state index in [2.05, 4.69) is 15.6 Å². The third-order valence-electron chi connectivity index (χ3n) is 5.26. The van der Waals surface area contributed by atoms with Crippen LogP contribution < -0.4 is 27.8 Å². The van der Waals surface area contributed by atoms with E-state index in [1.54, 1.807) is 0 Å². The van der Waals surface area contributed by atoms with Crippen LogP contribution in [0.15, 0.2) is 4.99 Å². The number of aliphatic hydroxyl groups excluding tert-OH is 1. The highest BCUT2D eigenvalue weighted by molar-refractivity contribution is 5.94. The first-order valence-corrected chi connectivity index (χ1v) is 11.0. The van der Waals surface area contributed by atoms with Crippen LogP contribution in [0.1, 0.15) is 46.0 Å². The van der Waals surface area contributed by atoms with E-state index in [-0.39, 0.29) is 18.3 Å². The maximum absolute atomic E-state index is 12.8. The van der Waals surface area contributed by atoms with Crippen molar-refractivity contribution >= 4 is 29.7 Å². The first kappa shape index (κ1) is 28.1. The van der Waals surface area contributed by atoms with E-state index in [9.17, 15) is 29.4 Å². The summed E-state index contributed by atoms with van der Waals surface area (Å²) in [4.78, 5) is 54.6. The topological polar surface area (TPSA) is 226 Å². The Kier molecular flexibility index (Phi) is 11.6. The Hall–Kier alpha value is -2.93. The monoisotopic (exact) mass is 471 g/mol. The zero-order valence-corrected chi connectivity index (χ0v) is 19.2. The molecular weight excluding hydrogens is 434 g/mol. The van der Waals surface area contributed by atoms with Gasteiger partial charge in [-0.25, -0.2) is 4.79 Å². The van der Waals surface area contributed by atoms with Crippen molar-refractivity contribution in [3.63, 3.8) is 0 Å². The molecule has 4 unspecified atom stereocenters. The number of nitrogens with zero attached hydrogens (tertiary/aromatic N) is 2. The molecule has 1 rings (SSSR count). The fraction of sp³-hybridized carbons (Fsp3) is 0.750. The Morgan fingerprint density at radius 2 is 1.82 bits per heavy atom. The lowest BCUT2D eigenvalue weighted by Gasteiger charge is -2.28. The number of guanidine groups is 1. The van der Waals surface area contributed by atoms with Crippen LogP contribution in [-0.2, 0) is 19.2 Å². The average Bonchev–Trinajstić information content (AvgIpc) is 3.23. The smallest absolute Gasteiger partial charge is 0.326 e. The SMILES string of the molecule is CC(C)CC(NC(=O)C(CO)NC(=O)C1CCCN1C(=O)C(N)CCCN=C(N)N)C(=O)O. The van der Waals surface area contributed by atoms with Crippen molar-refractivity contribution in [2.24, 2.45) is 28.1 Å². The van der Waals surface area contributed by atoms with Crippen molar-refractivity contribution in [3.05, 3.63) is 0 Å². The highest BCUT2D eigenvalue weighted by Crippen LogP contribution is 2.19. The van der Waals surface area contributed by atoms with E-state index in [1.165, 1.54) is 4.90 Å². The van der Waals surface area contributed by atoms with E-state index >= 15 is 0 Å². The van der Waals surface area contributed by atoms with Gasteiger partial charge in [0, 0.05) is 13.1 Å². The van der Waals surface area contributed by atoms with Crippen LogP contribution in [0.4, 0.5) is 0 Å². The summed E-state index contributed by atoms with van der Waals surface area (Å²) >= 11 is 0. The zero-order valence-electron chi connectivity index (χ0n) is 19.2. The first-order valence-electron chi connectivity index (χ1n) is 11.0. The van der Waals surface area contributed by atoms with Gasteiger partial charge in [0.25, 0.3) is 0 Å². The summed E-state index contributed by atoms with van der Waals surface area (Å²) < 4.78 is 0. The summed E-state index contributed by atoms with van der Waals surface area (Å²) in [7, 11) is 0. The number of carbonyl (C=O) groups excluding carboxylic acids is 3. The molecule has 1 fully saturated rings. The summed E-state index contributed by atoms with van der Waals surface area (Å²) in [5, 5.41) is 23.6. The number of carboxylic acids is 1. The van der Waals surface area contributed by atoms with E-state index < -0.39 is 54.5 Å². The second-order valence-electron chi connectivity index (χ2n) is 8.52. The van der Waals surface area contributed by atoms with Crippen molar-refractivity contribution in [3.8, 4) is 0 Å². The van der Waals surface area contributed by atoms with E-state index in [0.717, 1.165) is 0 Å². The largest absolute Gasteiger partial charge is 0.480 e. The van der Waals surface area contributed by atoms with E-state index in [1.807, 2.05) is 13.8 Å². The highest BCUT2D eigenvalue weighted by Gasteiger charge is 2.37. The van der Waals surface area contributed by atoms with Crippen LogP contribution in [0.2, 0.25) is 0 Å². The molecule has 13 heteroatoms. The number of aliphatic carboxylic acids is 1. The number of hydrogen-bond acceptors (Lipinski definition) is 7. The number of rotatable bonds is 13. The number of likely N-dealkylation sites (tertiary alicyclic amines) is 1. The minimum absolute atomic E-state index is 0.00954. The Balaban J connectivity index is 2.72. The Labute approximate surface area is 193 Å². The molecule has 0 aliphatic carbocycles. The van der Waals surface area contributed by atoms with E-state index in [4.69, 9.17) is 17.2 Å². The number of carboxylic acid groups (broad SMARTS) is 1. The lowest BCUT2D eigenvalue weighted by Crippen LogP contribution is -2.57. The molecule has 0 saturated carbocycles. The molecule has 13 nitrogen and oxygen atoms in total. The lowest BCUT2D eigenvalue weighted by atomic mass is 10.0. The lowest BCUT2D eigenvalue weighted by molar-refractivity contribution is -0.143. The molecule has 188 valence electrons. The van der Waals surface area contributed by atoms with Crippen LogP contribution in [0.3, 0.4) is 0 Å². The zero-order chi connectivity index (χ0) is 25.1. The van der Waals surface area contributed by atoms with Gasteiger partial charge in [0.05, 0.1) is 12.6 Å². The van der Waals surface area contributed by atoms with Gasteiger partial charge in [-0.15, -0.1) is 0 Å². The maximum atomic E-state index is 12.8. The molecule has 0 aromatic carbocycles. The second-order valence-corrected chi connectivity index (χ2v) is 8.52. The maximum Gasteiger partial charge on any atom is 0.326 e. The molecule has 0 spiro atoms. The predicted molar refractivity (Wildman–Crippen MR) is 121 cm³/mol. The van der Waals surface area contributed by atoms with Gasteiger partial charge in [-0.2, -0.15) is 0 Å². The predicted octanol–water partition coefficient (Wildman–Crippen LogP) is -2.55. The molecule has 4 atom stereocenters. The molecule has 1 heterocycles. The molecule has 0 bridgehead atoms. The summed E-state index contributed by atoms with van der Waals surface area (Å²) in [6.07, 6.45) is 1.97. The number of hydrogen-bond donors (Lipinski definition) is 7. The Bertz CT molecular complexity index is 726. The van der Waals surface area contributed by atoms with Gasteiger partial charge in [0.2, 0.25) is 17.7 Å². The quantitative estimate of drug-likeness (QED) is 0.0850. The molecule has 1 aliphatic rings. The van der Waals surface area contributed by atoms with Crippen molar-refractivity contribution in [2.45, 2.75) is 70.1 Å². The molecular formula is C20H37N7O6. The van der Waals surface area contributed by atoms with Gasteiger partial charge in [0.15, 0.2) is 5.96 Å².